The van der Waals surface area contributed by atoms with E-state index in [-0.39, 0.29) is 34.5 Å². The van der Waals surface area contributed by atoms with Crippen LogP contribution in [0.25, 0.3) is 0 Å². The van der Waals surface area contributed by atoms with Gasteiger partial charge in [-0.25, -0.2) is 8.42 Å². The maximum absolute atomic E-state index is 12.9. The molecule has 0 aliphatic carbocycles. The quantitative estimate of drug-likeness (QED) is 0.661. The average Bonchev–Trinajstić information content (AvgIpc) is 2.77. The first-order valence-electron chi connectivity index (χ1n) is 10.7. The van der Waals surface area contributed by atoms with Crippen molar-refractivity contribution in [2.45, 2.75) is 44.6 Å². The van der Waals surface area contributed by atoms with Crippen LogP contribution in [0.1, 0.15) is 55.6 Å². The Balaban J connectivity index is 1.63. The molecule has 1 atom stereocenters. The third-order valence-electron chi connectivity index (χ3n) is 5.85. The lowest BCUT2D eigenvalue weighted by Crippen LogP contribution is -2.44. The molecule has 1 amide bonds. The van der Waals surface area contributed by atoms with Gasteiger partial charge in [0.15, 0.2) is 5.78 Å². The molecule has 1 N–H and O–H groups in total. The van der Waals surface area contributed by atoms with E-state index in [0.717, 1.165) is 5.56 Å². The monoisotopic (exact) mass is 442 g/mol. The molecule has 1 heterocycles. The summed E-state index contributed by atoms with van der Waals surface area (Å²) < 4.78 is 27.3. The fourth-order valence-corrected chi connectivity index (χ4v) is 5.41. The lowest BCUT2D eigenvalue weighted by Gasteiger charge is -2.32. The van der Waals surface area contributed by atoms with Crippen molar-refractivity contribution in [2.24, 2.45) is 11.8 Å². The number of rotatable bonds is 7. The Labute approximate surface area is 184 Å². The SMILES string of the molecule is CC(=O)c1ccc(S(=O)(=O)N2CCC(C(=O)NC(c3ccccc3)C(C)C)CC2)cc1. The molecule has 3 rings (SSSR count). The molecule has 2 aromatic carbocycles. The number of nitrogens with one attached hydrogen (secondary N) is 1. The summed E-state index contributed by atoms with van der Waals surface area (Å²) in [4.78, 5) is 24.5. The van der Waals surface area contributed by atoms with Gasteiger partial charge in [-0.2, -0.15) is 4.31 Å². The zero-order chi connectivity index (χ0) is 22.6. The Morgan fingerprint density at radius 2 is 1.55 bits per heavy atom. The highest BCUT2D eigenvalue weighted by atomic mass is 32.2. The summed E-state index contributed by atoms with van der Waals surface area (Å²) in [5.41, 5.74) is 1.55. The molecule has 0 aromatic heterocycles. The molecule has 2 aromatic rings. The summed E-state index contributed by atoms with van der Waals surface area (Å²) in [5, 5.41) is 3.17. The van der Waals surface area contributed by atoms with E-state index in [1.807, 2.05) is 30.3 Å². The van der Waals surface area contributed by atoms with Crippen LogP contribution in [0.15, 0.2) is 59.5 Å². The summed E-state index contributed by atoms with van der Waals surface area (Å²) in [6.07, 6.45) is 0.965. The fourth-order valence-electron chi connectivity index (χ4n) is 3.94. The summed E-state index contributed by atoms with van der Waals surface area (Å²) in [5.74, 6) is -0.0994. The molecule has 1 aliphatic heterocycles. The molecule has 6 nitrogen and oxygen atoms in total. The van der Waals surface area contributed by atoms with Crippen LogP contribution >= 0.6 is 0 Å². The van der Waals surface area contributed by atoms with Gasteiger partial charge in [0.1, 0.15) is 0 Å². The third-order valence-corrected chi connectivity index (χ3v) is 7.76. The van der Waals surface area contributed by atoms with Gasteiger partial charge in [0.25, 0.3) is 0 Å². The van der Waals surface area contributed by atoms with Crippen molar-refractivity contribution in [3.63, 3.8) is 0 Å². The number of Topliss-reactive ketones (excluding diaryl/α,β-unsaturated/α-hetero) is 1. The molecule has 1 aliphatic rings. The molecule has 1 saturated heterocycles. The largest absolute Gasteiger partial charge is 0.349 e. The van der Waals surface area contributed by atoms with Gasteiger partial charge in [-0.15, -0.1) is 0 Å². The lowest BCUT2D eigenvalue weighted by molar-refractivity contribution is -0.127. The number of amides is 1. The zero-order valence-corrected chi connectivity index (χ0v) is 19.1. The summed E-state index contributed by atoms with van der Waals surface area (Å²) in [6, 6.07) is 15.8. The second-order valence-electron chi connectivity index (χ2n) is 8.40. The van der Waals surface area contributed by atoms with Crippen LogP contribution in [-0.4, -0.2) is 37.5 Å². The first kappa shape index (κ1) is 23.2. The van der Waals surface area contributed by atoms with Gasteiger partial charge >= 0.3 is 0 Å². The first-order valence-corrected chi connectivity index (χ1v) is 12.1. The number of carbonyl (C=O) groups excluding carboxylic acids is 2. The van der Waals surface area contributed by atoms with Crippen molar-refractivity contribution >= 4 is 21.7 Å². The Hall–Kier alpha value is -2.51. The predicted molar refractivity (Wildman–Crippen MR) is 120 cm³/mol. The van der Waals surface area contributed by atoms with E-state index in [4.69, 9.17) is 0 Å². The van der Waals surface area contributed by atoms with Crippen LogP contribution in [0, 0.1) is 11.8 Å². The normalized spacial score (nSPS) is 16.8. The van der Waals surface area contributed by atoms with E-state index in [1.165, 1.54) is 35.5 Å². The first-order chi connectivity index (χ1) is 14.7. The van der Waals surface area contributed by atoms with E-state index in [2.05, 4.69) is 19.2 Å². The van der Waals surface area contributed by atoms with Gasteiger partial charge in [-0.3, -0.25) is 9.59 Å². The van der Waals surface area contributed by atoms with Crippen molar-refractivity contribution in [3.8, 4) is 0 Å². The van der Waals surface area contributed by atoms with Crippen LogP contribution < -0.4 is 5.32 Å². The number of nitrogens with zero attached hydrogens (tertiary/aromatic N) is 1. The molecule has 1 unspecified atom stereocenters. The summed E-state index contributed by atoms with van der Waals surface area (Å²) in [6.45, 7) is 6.19. The summed E-state index contributed by atoms with van der Waals surface area (Å²) in [7, 11) is -3.64. The van der Waals surface area contributed by atoms with Crippen LogP contribution in [0.5, 0.6) is 0 Å². The Morgan fingerprint density at radius 1 is 0.968 bits per heavy atom. The van der Waals surface area contributed by atoms with Crippen molar-refractivity contribution in [3.05, 3.63) is 65.7 Å². The van der Waals surface area contributed by atoms with E-state index in [9.17, 15) is 18.0 Å². The molecule has 1 fully saturated rings. The average molecular weight is 443 g/mol. The van der Waals surface area contributed by atoms with Crippen molar-refractivity contribution in [2.75, 3.05) is 13.1 Å². The van der Waals surface area contributed by atoms with Gasteiger partial charge in [-0.05, 0) is 43.4 Å². The topological polar surface area (TPSA) is 83.6 Å². The van der Waals surface area contributed by atoms with Gasteiger partial charge in [0, 0.05) is 24.6 Å². The lowest BCUT2D eigenvalue weighted by atomic mass is 9.93. The van der Waals surface area contributed by atoms with Crippen LogP contribution in [-0.2, 0) is 14.8 Å². The maximum Gasteiger partial charge on any atom is 0.243 e. The number of hydrogen-bond donors (Lipinski definition) is 1. The highest BCUT2D eigenvalue weighted by Crippen LogP contribution is 2.27. The van der Waals surface area contributed by atoms with E-state index >= 15 is 0 Å². The van der Waals surface area contributed by atoms with Gasteiger partial charge in [-0.1, -0.05) is 56.3 Å². The molecule has 0 radical (unpaired) electrons. The molecular formula is C24H30N2O4S. The van der Waals surface area contributed by atoms with Crippen LogP contribution in [0.2, 0.25) is 0 Å². The Morgan fingerprint density at radius 3 is 2.06 bits per heavy atom. The summed E-state index contributed by atoms with van der Waals surface area (Å²) >= 11 is 0. The predicted octanol–water partition coefficient (Wildman–Crippen LogP) is 3.80. The molecule has 0 spiro atoms. The second kappa shape index (κ2) is 9.75. The van der Waals surface area contributed by atoms with Crippen molar-refractivity contribution in [1.82, 2.24) is 9.62 Å². The minimum atomic E-state index is -3.64. The smallest absolute Gasteiger partial charge is 0.243 e. The minimum Gasteiger partial charge on any atom is -0.349 e. The number of benzene rings is 2. The number of ketones is 1. The third kappa shape index (κ3) is 5.40. The van der Waals surface area contributed by atoms with Crippen LogP contribution in [0.4, 0.5) is 0 Å². The molecule has 7 heteroatoms. The van der Waals surface area contributed by atoms with Gasteiger partial charge in [0.2, 0.25) is 15.9 Å². The molecular weight excluding hydrogens is 412 g/mol. The number of hydrogen-bond acceptors (Lipinski definition) is 4. The molecule has 0 saturated carbocycles. The zero-order valence-electron chi connectivity index (χ0n) is 18.2. The van der Waals surface area contributed by atoms with E-state index in [0.29, 0.717) is 31.5 Å². The van der Waals surface area contributed by atoms with Crippen molar-refractivity contribution < 1.29 is 18.0 Å². The standard InChI is InChI=1S/C24H30N2O4S/c1-17(2)23(20-7-5-4-6-8-20)25-24(28)21-13-15-26(16-14-21)31(29,30)22-11-9-19(10-12-22)18(3)27/h4-12,17,21,23H,13-16H2,1-3H3,(H,25,28). The minimum absolute atomic E-state index is 0.0228. The highest BCUT2D eigenvalue weighted by Gasteiger charge is 2.33. The fraction of sp³-hybridized carbons (Fsp3) is 0.417. The van der Waals surface area contributed by atoms with Gasteiger partial charge in [0.05, 0.1) is 10.9 Å². The van der Waals surface area contributed by atoms with E-state index in [1.54, 1.807) is 0 Å². The maximum atomic E-state index is 12.9. The molecule has 0 bridgehead atoms. The number of sulfonamides is 1. The van der Waals surface area contributed by atoms with Crippen molar-refractivity contribution in [1.29, 1.82) is 0 Å². The molecule has 31 heavy (non-hydrogen) atoms. The second-order valence-corrected chi connectivity index (χ2v) is 10.3. The van der Waals surface area contributed by atoms with Gasteiger partial charge < -0.3 is 5.32 Å². The van der Waals surface area contributed by atoms with E-state index < -0.39 is 10.0 Å². The Kier molecular flexibility index (Phi) is 7.28. The molecule has 166 valence electrons. The Bertz CT molecular complexity index is 1010. The highest BCUT2D eigenvalue weighted by molar-refractivity contribution is 7.89. The number of piperidine rings is 1. The number of carbonyl (C=O) groups is 2. The van der Waals surface area contributed by atoms with Crippen LogP contribution in [0.3, 0.4) is 0 Å².